The molecule has 1 aliphatic rings. The van der Waals surface area contributed by atoms with Crippen molar-refractivity contribution in [2.45, 2.75) is 39.4 Å². The van der Waals surface area contributed by atoms with Crippen molar-refractivity contribution in [3.05, 3.63) is 63.7 Å². The highest BCUT2D eigenvalue weighted by Gasteiger charge is 2.48. The number of ketones is 1. The molecule has 4 rings (SSSR count). The van der Waals surface area contributed by atoms with Crippen molar-refractivity contribution in [1.82, 2.24) is 14.9 Å². The average molecular weight is 554 g/mol. The Morgan fingerprint density at radius 1 is 1.03 bits per heavy atom. The van der Waals surface area contributed by atoms with E-state index in [1.54, 1.807) is 5.32 Å². The van der Waals surface area contributed by atoms with Crippen LogP contribution in [0.15, 0.2) is 35.3 Å². The molecule has 0 saturated carbocycles. The van der Waals surface area contributed by atoms with Crippen LogP contribution < -0.4 is 15.6 Å². The maximum absolute atomic E-state index is 14.8. The number of aromatic nitrogens is 2. The fourth-order valence-electron chi connectivity index (χ4n) is 4.23. The molecule has 39 heavy (non-hydrogen) atoms. The van der Waals surface area contributed by atoms with E-state index in [0.29, 0.717) is 22.9 Å². The monoisotopic (exact) mass is 554 g/mol. The standard InChI is InChI=1S/C25H20F6N4O4/c1-24(2,3)23(25(29,30)31)33-22(39)14-10-35(19-15(27)6-11(26)7-16(19)28)21-13(20(14)38)4-5-17(32-21)34-9-12(36)8-18(34)37/h4-7,10,23H,8-9H2,1-3H3,(H,33,39)/t23-/m1/s1. The van der Waals surface area contributed by atoms with Crippen LogP contribution in [0.5, 0.6) is 0 Å². The quantitative estimate of drug-likeness (QED) is 0.391. The summed E-state index contributed by atoms with van der Waals surface area (Å²) in [5.74, 6) is -6.96. The van der Waals surface area contributed by atoms with Gasteiger partial charge in [0.25, 0.3) is 5.91 Å². The van der Waals surface area contributed by atoms with Gasteiger partial charge in [-0.15, -0.1) is 0 Å². The number of alkyl halides is 3. The zero-order chi connectivity index (χ0) is 29.0. The van der Waals surface area contributed by atoms with Crippen LogP contribution in [0.4, 0.5) is 32.2 Å². The van der Waals surface area contributed by atoms with Gasteiger partial charge in [-0.25, -0.2) is 18.2 Å². The van der Waals surface area contributed by atoms with E-state index >= 15 is 0 Å². The zero-order valence-corrected chi connectivity index (χ0v) is 20.6. The molecular formula is C25H20F6N4O4. The Morgan fingerprint density at radius 2 is 1.64 bits per heavy atom. The van der Waals surface area contributed by atoms with Crippen molar-refractivity contribution in [1.29, 1.82) is 0 Å². The zero-order valence-electron chi connectivity index (χ0n) is 20.6. The number of rotatable bonds is 4. The lowest BCUT2D eigenvalue weighted by atomic mass is 9.86. The molecule has 3 heterocycles. The first kappa shape index (κ1) is 27.8. The van der Waals surface area contributed by atoms with Gasteiger partial charge in [0.2, 0.25) is 11.3 Å². The van der Waals surface area contributed by atoms with Crippen LogP contribution in [0.1, 0.15) is 37.6 Å². The number of hydrogen-bond acceptors (Lipinski definition) is 5. The molecule has 0 aliphatic carbocycles. The molecule has 1 aromatic carbocycles. The minimum atomic E-state index is -4.91. The van der Waals surface area contributed by atoms with E-state index in [1.807, 2.05) is 0 Å². The van der Waals surface area contributed by atoms with Crippen molar-refractivity contribution in [2.24, 2.45) is 5.41 Å². The molecule has 206 valence electrons. The number of hydrogen-bond donors (Lipinski definition) is 1. The Balaban J connectivity index is 1.97. The lowest BCUT2D eigenvalue weighted by Crippen LogP contribution is -2.53. The van der Waals surface area contributed by atoms with Gasteiger partial charge in [-0.1, -0.05) is 20.8 Å². The number of amides is 2. The van der Waals surface area contributed by atoms with Gasteiger partial charge in [-0.3, -0.25) is 28.6 Å². The number of fused-ring (bicyclic) bond motifs is 1. The summed E-state index contributed by atoms with van der Waals surface area (Å²) in [6.45, 7) is 3.28. The number of benzene rings is 1. The topological polar surface area (TPSA) is 101 Å². The molecular weight excluding hydrogens is 534 g/mol. The van der Waals surface area contributed by atoms with Crippen molar-refractivity contribution < 1.29 is 40.7 Å². The van der Waals surface area contributed by atoms with Gasteiger partial charge in [0.05, 0.1) is 18.4 Å². The van der Waals surface area contributed by atoms with E-state index in [4.69, 9.17) is 0 Å². The van der Waals surface area contributed by atoms with Gasteiger partial charge < -0.3 is 5.32 Å². The van der Waals surface area contributed by atoms with Crippen LogP contribution in [0.3, 0.4) is 0 Å². The molecule has 0 bridgehead atoms. The molecule has 2 aromatic heterocycles. The van der Waals surface area contributed by atoms with Gasteiger partial charge in [-0.2, -0.15) is 13.2 Å². The third kappa shape index (κ3) is 5.22. The highest BCUT2D eigenvalue weighted by atomic mass is 19.4. The molecule has 0 radical (unpaired) electrons. The predicted octanol–water partition coefficient (Wildman–Crippen LogP) is 3.82. The molecule has 8 nitrogen and oxygen atoms in total. The Labute approximate surface area is 216 Å². The number of nitrogens with one attached hydrogen (secondary N) is 1. The van der Waals surface area contributed by atoms with Crippen molar-refractivity contribution in [3.8, 4) is 5.69 Å². The molecule has 1 atom stereocenters. The first-order valence-corrected chi connectivity index (χ1v) is 11.4. The smallest absolute Gasteiger partial charge is 0.340 e. The number of carbonyl (C=O) groups excluding carboxylic acids is 3. The van der Waals surface area contributed by atoms with E-state index in [1.165, 1.54) is 20.8 Å². The van der Waals surface area contributed by atoms with Crippen LogP contribution in [-0.4, -0.2) is 45.9 Å². The summed E-state index contributed by atoms with van der Waals surface area (Å²) >= 11 is 0. The first-order valence-electron chi connectivity index (χ1n) is 11.4. The largest absolute Gasteiger partial charge is 0.409 e. The minimum Gasteiger partial charge on any atom is -0.340 e. The van der Waals surface area contributed by atoms with Crippen LogP contribution >= 0.6 is 0 Å². The summed E-state index contributed by atoms with van der Waals surface area (Å²) in [5.41, 5.74) is -5.07. The number of halogens is 6. The molecule has 2 amide bonds. The third-order valence-electron chi connectivity index (χ3n) is 6.03. The summed E-state index contributed by atoms with van der Waals surface area (Å²) < 4.78 is 84.9. The number of carbonyl (C=O) groups is 3. The minimum absolute atomic E-state index is 0.170. The number of anilines is 1. The predicted molar refractivity (Wildman–Crippen MR) is 126 cm³/mol. The van der Waals surface area contributed by atoms with Gasteiger partial charge in [-0.05, 0) is 17.5 Å². The van der Waals surface area contributed by atoms with Crippen molar-refractivity contribution >= 4 is 34.4 Å². The summed E-state index contributed by atoms with van der Waals surface area (Å²) in [6.07, 6.45) is -4.74. The summed E-state index contributed by atoms with van der Waals surface area (Å²) in [4.78, 5) is 55.2. The van der Waals surface area contributed by atoms with Gasteiger partial charge >= 0.3 is 6.18 Å². The van der Waals surface area contributed by atoms with Crippen LogP contribution in [-0.2, 0) is 9.59 Å². The van der Waals surface area contributed by atoms with Crippen molar-refractivity contribution in [2.75, 3.05) is 11.4 Å². The number of nitrogens with zero attached hydrogens (tertiary/aromatic N) is 3. The molecule has 1 N–H and O–H groups in total. The van der Waals surface area contributed by atoms with E-state index in [9.17, 15) is 45.5 Å². The van der Waals surface area contributed by atoms with Crippen LogP contribution in [0.2, 0.25) is 0 Å². The molecule has 0 unspecified atom stereocenters. The molecule has 0 spiro atoms. The normalized spacial score (nSPS) is 15.3. The maximum atomic E-state index is 14.8. The van der Waals surface area contributed by atoms with Crippen LogP contribution in [0, 0.1) is 22.9 Å². The van der Waals surface area contributed by atoms with Gasteiger partial charge in [0.1, 0.15) is 28.9 Å². The number of Topliss-reactive ketones (excluding diaryl/α,β-unsaturated/α-hetero) is 1. The average Bonchev–Trinajstić information content (AvgIpc) is 3.14. The second-order valence-corrected chi connectivity index (χ2v) is 10.0. The maximum Gasteiger partial charge on any atom is 0.409 e. The van der Waals surface area contributed by atoms with E-state index in [0.717, 1.165) is 17.0 Å². The fourth-order valence-corrected chi connectivity index (χ4v) is 4.23. The highest BCUT2D eigenvalue weighted by molar-refractivity contribution is 6.14. The summed E-state index contributed by atoms with van der Waals surface area (Å²) in [7, 11) is 0. The molecule has 3 aromatic rings. The Hall–Kier alpha value is -4.23. The van der Waals surface area contributed by atoms with E-state index in [2.05, 4.69) is 4.98 Å². The molecule has 1 aliphatic heterocycles. The van der Waals surface area contributed by atoms with E-state index < -0.39 is 86.8 Å². The highest BCUT2D eigenvalue weighted by Crippen LogP contribution is 2.33. The van der Waals surface area contributed by atoms with Crippen LogP contribution in [0.25, 0.3) is 16.7 Å². The second-order valence-electron chi connectivity index (χ2n) is 10.0. The Bertz CT molecular complexity index is 1560. The Morgan fingerprint density at radius 3 is 2.15 bits per heavy atom. The van der Waals surface area contributed by atoms with Gasteiger partial charge in [0, 0.05) is 18.3 Å². The lowest BCUT2D eigenvalue weighted by molar-refractivity contribution is -0.174. The lowest BCUT2D eigenvalue weighted by Gasteiger charge is -2.33. The summed E-state index contributed by atoms with van der Waals surface area (Å²) in [5, 5.41) is 1.31. The summed E-state index contributed by atoms with van der Waals surface area (Å²) in [6, 6.07) is 0.409. The number of pyridine rings is 2. The molecule has 14 heteroatoms. The van der Waals surface area contributed by atoms with Gasteiger partial charge in [0.15, 0.2) is 23.1 Å². The van der Waals surface area contributed by atoms with Crippen molar-refractivity contribution in [3.63, 3.8) is 0 Å². The SMILES string of the molecule is CC(C)(C)[C@@H](NC(=O)c1cn(-c2c(F)cc(F)cc2F)c2nc(N3CC(=O)CC3=O)ccc2c1=O)C(F)(F)F. The molecule has 1 fully saturated rings. The Kier molecular flexibility index (Phi) is 6.77. The second kappa shape index (κ2) is 9.50. The molecule has 1 saturated heterocycles. The first-order chi connectivity index (χ1) is 18.0. The third-order valence-corrected chi connectivity index (χ3v) is 6.03. The van der Waals surface area contributed by atoms with E-state index in [-0.39, 0.29) is 12.4 Å². The fraction of sp³-hybridized carbons (Fsp3) is 0.320.